The van der Waals surface area contributed by atoms with Crippen molar-refractivity contribution in [2.24, 2.45) is 0 Å². The summed E-state index contributed by atoms with van der Waals surface area (Å²) < 4.78 is 69.5. The zero-order valence-corrected chi connectivity index (χ0v) is 14.0. The SMILES string of the molecule is O=c1nc(NS(=O)(=O)c2ccc(OC3CC3)cc2)ccn1CC(F)(F)F. The predicted molar refractivity (Wildman–Crippen MR) is 85.5 cm³/mol. The summed E-state index contributed by atoms with van der Waals surface area (Å²) in [4.78, 5) is 14.8. The zero-order valence-electron chi connectivity index (χ0n) is 13.2. The number of alkyl halides is 3. The van der Waals surface area contributed by atoms with Gasteiger partial charge in [0.25, 0.3) is 10.0 Å². The van der Waals surface area contributed by atoms with Crippen molar-refractivity contribution >= 4 is 15.8 Å². The van der Waals surface area contributed by atoms with Crippen molar-refractivity contribution in [2.75, 3.05) is 4.72 Å². The summed E-state index contributed by atoms with van der Waals surface area (Å²) in [6, 6.07) is 6.63. The van der Waals surface area contributed by atoms with Gasteiger partial charge in [0, 0.05) is 6.20 Å². The van der Waals surface area contributed by atoms with Crippen LogP contribution in [-0.4, -0.2) is 30.2 Å². The summed E-state index contributed by atoms with van der Waals surface area (Å²) in [7, 11) is -4.05. The number of aromatic nitrogens is 2. The van der Waals surface area contributed by atoms with Gasteiger partial charge in [-0.1, -0.05) is 0 Å². The molecule has 1 aromatic carbocycles. The Balaban J connectivity index is 1.74. The number of nitrogens with one attached hydrogen (secondary N) is 1. The zero-order chi connectivity index (χ0) is 18.9. The highest BCUT2D eigenvalue weighted by molar-refractivity contribution is 7.92. The van der Waals surface area contributed by atoms with Gasteiger partial charge < -0.3 is 4.74 Å². The number of benzene rings is 1. The van der Waals surface area contributed by atoms with E-state index in [4.69, 9.17) is 4.74 Å². The molecule has 26 heavy (non-hydrogen) atoms. The van der Waals surface area contributed by atoms with Crippen molar-refractivity contribution in [1.29, 1.82) is 0 Å². The molecule has 140 valence electrons. The van der Waals surface area contributed by atoms with Crippen LogP contribution in [0.2, 0.25) is 0 Å². The highest BCUT2D eigenvalue weighted by Gasteiger charge is 2.28. The lowest BCUT2D eigenvalue weighted by atomic mass is 10.3. The normalized spacial score (nSPS) is 14.9. The molecule has 0 saturated heterocycles. The van der Waals surface area contributed by atoms with Crippen molar-refractivity contribution in [3.63, 3.8) is 0 Å². The fourth-order valence-corrected chi connectivity index (χ4v) is 3.07. The number of hydrogen-bond acceptors (Lipinski definition) is 5. The Morgan fingerprint density at radius 3 is 2.38 bits per heavy atom. The van der Waals surface area contributed by atoms with Crippen LogP contribution in [-0.2, 0) is 16.6 Å². The van der Waals surface area contributed by atoms with Crippen molar-refractivity contribution in [3.8, 4) is 5.75 Å². The molecule has 0 atom stereocenters. The average Bonchev–Trinajstić information content (AvgIpc) is 3.33. The van der Waals surface area contributed by atoms with Gasteiger partial charge in [0.05, 0.1) is 11.0 Å². The van der Waals surface area contributed by atoms with Crippen LogP contribution in [0.15, 0.2) is 46.2 Å². The quantitative estimate of drug-likeness (QED) is 0.818. The summed E-state index contributed by atoms with van der Waals surface area (Å²) >= 11 is 0. The minimum absolute atomic E-state index is 0.0954. The third-order valence-electron chi connectivity index (χ3n) is 3.42. The van der Waals surface area contributed by atoms with E-state index in [-0.39, 0.29) is 16.8 Å². The van der Waals surface area contributed by atoms with Gasteiger partial charge in [-0.25, -0.2) is 13.2 Å². The minimum atomic E-state index is -4.59. The third-order valence-corrected chi connectivity index (χ3v) is 4.79. The maximum atomic E-state index is 12.3. The van der Waals surface area contributed by atoms with Crippen molar-refractivity contribution in [2.45, 2.75) is 36.6 Å². The summed E-state index contributed by atoms with van der Waals surface area (Å²) in [6.45, 7) is -1.51. The molecule has 0 amide bonds. The van der Waals surface area contributed by atoms with Gasteiger partial charge >= 0.3 is 11.9 Å². The molecule has 1 N–H and O–H groups in total. The van der Waals surface area contributed by atoms with Crippen LogP contribution in [0.1, 0.15) is 12.8 Å². The molecule has 11 heteroatoms. The number of anilines is 1. The van der Waals surface area contributed by atoms with Gasteiger partial charge in [-0.15, -0.1) is 0 Å². The van der Waals surface area contributed by atoms with Crippen LogP contribution in [0.25, 0.3) is 0 Å². The predicted octanol–water partition coefficient (Wildman–Crippen LogP) is 2.15. The lowest BCUT2D eigenvalue weighted by molar-refractivity contribution is -0.141. The van der Waals surface area contributed by atoms with E-state index >= 15 is 0 Å². The fourth-order valence-electron chi connectivity index (χ4n) is 2.07. The Morgan fingerprint density at radius 1 is 1.19 bits per heavy atom. The molecule has 1 fully saturated rings. The van der Waals surface area contributed by atoms with Gasteiger partial charge in [0.15, 0.2) is 0 Å². The molecule has 3 rings (SSSR count). The van der Waals surface area contributed by atoms with E-state index in [0.29, 0.717) is 10.3 Å². The maximum Gasteiger partial charge on any atom is 0.406 e. The molecule has 2 aromatic rings. The van der Waals surface area contributed by atoms with Crippen LogP contribution >= 0.6 is 0 Å². The lowest BCUT2D eigenvalue weighted by Crippen LogP contribution is -2.30. The third kappa shape index (κ3) is 4.75. The van der Waals surface area contributed by atoms with Gasteiger partial charge in [-0.05, 0) is 43.2 Å². The Hall–Kier alpha value is -2.56. The van der Waals surface area contributed by atoms with Crippen LogP contribution in [0.3, 0.4) is 0 Å². The monoisotopic (exact) mass is 389 g/mol. The topological polar surface area (TPSA) is 90.3 Å². The van der Waals surface area contributed by atoms with Gasteiger partial charge in [0.1, 0.15) is 18.1 Å². The van der Waals surface area contributed by atoms with E-state index in [1.165, 1.54) is 24.3 Å². The molecule has 0 spiro atoms. The Labute approximate surface area is 146 Å². The maximum absolute atomic E-state index is 12.3. The molecule has 0 unspecified atom stereocenters. The smallest absolute Gasteiger partial charge is 0.406 e. The Bertz CT molecular complexity index is 951. The highest BCUT2D eigenvalue weighted by atomic mass is 32.2. The van der Waals surface area contributed by atoms with E-state index in [1.54, 1.807) is 0 Å². The molecular formula is C15H14F3N3O4S. The molecular weight excluding hydrogens is 375 g/mol. The van der Waals surface area contributed by atoms with Gasteiger partial charge in [0.2, 0.25) is 0 Å². The first-order valence-electron chi connectivity index (χ1n) is 7.56. The van der Waals surface area contributed by atoms with E-state index in [1.807, 2.05) is 0 Å². The van der Waals surface area contributed by atoms with Crippen molar-refractivity contribution in [3.05, 3.63) is 47.0 Å². The molecule has 7 nitrogen and oxygen atoms in total. The van der Waals surface area contributed by atoms with Gasteiger partial charge in [-0.3, -0.25) is 9.29 Å². The molecule has 1 aromatic heterocycles. The van der Waals surface area contributed by atoms with E-state index in [2.05, 4.69) is 9.71 Å². The number of sulfonamides is 1. The molecule has 0 bridgehead atoms. The van der Waals surface area contributed by atoms with Gasteiger partial charge in [-0.2, -0.15) is 18.2 Å². The van der Waals surface area contributed by atoms with Crippen LogP contribution < -0.4 is 15.1 Å². The number of ether oxygens (including phenoxy) is 1. The van der Waals surface area contributed by atoms with Crippen molar-refractivity contribution in [1.82, 2.24) is 9.55 Å². The second kappa shape index (κ2) is 6.63. The standard InChI is InChI=1S/C15H14F3N3O4S/c16-15(17,18)9-21-8-7-13(19-14(21)22)20-26(23,24)12-5-3-11(4-6-12)25-10-1-2-10/h3-8,10H,1-2,9H2,(H,19,20,22). The number of hydrogen-bond donors (Lipinski definition) is 1. The van der Waals surface area contributed by atoms with E-state index < -0.39 is 28.4 Å². The molecule has 0 radical (unpaired) electrons. The minimum Gasteiger partial charge on any atom is -0.490 e. The molecule has 0 aliphatic heterocycles. The Morgan fingerprint density at radius 2 is 1.85 bits per heavy atom. The summed E-state index contributed by atoms with van der Waals surface area (Å²) in [5, 5.41) is 0. The Kier molecular flexibility index (Phi) is 4.65. The van der Waals surface area contributed by atoms with Crippen LogP contribution in [0.5, 0.6) is 5.75 Å². The molecule has 1 aliphatic carbocycles. The van der Waals surface area contributed by atoms with Crippen LogP contribution in [0.4, 0.5) is 19.0 Å². The lowest BCUT2D eigenvalue weighted by Gasteiger charge is -2.11. The molecule has 1 heterocycles. The largest absolute Gasteiger partial charge is 0.490 e. The van der Waals surface area contributed by atoms with E-state index in [0.717, 1.165) is 25.1 Å². The number of nitrogens with zero attached hydrogens (tertiary/aromatic N) is 2. The number of halogens is 3. The van der Waals surface area contributed by atoms with Crippen molar-refractivity contribution < 1.29 is 26.3 Å². The first-order chi connectivity index (χ1) is 12.1. The second-order valence-electron chi connectivity index (χ2n) is 5.73. The first kappa shape index (κ1) is 18.2. The summed E-state index contributed by atoms with van der Waals surface area (Å²) in [5.74, 6) is 0.172. The fraction of sp³-hybridized carbons (Fsp3) is 0.333. The summed E-state index contributed by atoms with van der Waals surface area (Å²) in [6.07, 6.45) is -1.66. The summed E-state index contributed by atoms with van der Waals surface area (Å²) in [5.41, 5.74) is -1.21. The first-order valence-corrected chi connectivity index (χ1v) is 9.04. The van der Waals surface area contributed by atoms with E-state index in [9.17, 15) is 26.4 Å². The average molecular weight is 389 g/mol. The second-order valence-corrected chi connectivity index (χ2v) is 7.41. The molecule has 1 saturated carbocycles. The van der Waals surface area contributed by atoms with Crippen LogP contribution in [0, 0.1) is 0 Å². The number of rotatable bonds is 6. The highest BCUT2D eigenvalue weighted by Crippen LogP contribution is 2.27. The molecule has 1 aliphatic rings.